The molecule has 0 aliphatic heterocycles. The van der Waals surface area contributed by atoms with Crippen LogP contribution >= 0.6 is 0 Å². The minimum atomic E-state index is -0.620. The summed E-state index contributed by atoms with van der Waals surface area (Å²) in [5.41, 5.74) is 6.62. The second-order valence-electron chi connectivity index (χ2n) is 4.41. The van der Waals surface area contributed by atoms with E-state index in [1.807, 2.05) is 0 Å². The van der Waals surface area contributed by atoms with Gasteiger partial charge in [-0.3, -0.25) is 4.79 Å². The molecule has 0 atom stereocenters. The molecule has 0 saturated carbocycles. The van der Waals surface area contributed by atoms with Gasteiger partial charge in [0.05, 0.1) is 0 Å². The molecular formula is C17H15NO3. The molecule has 0 unspecified atom stereocenters. The Morgan fingerprint density at radius 2 is 1.43 bits per heavy atom. The van der Waals surface area contributed by atoms with E-state index in [0.717, 1.165) is 0 Å². The normalized spacial score (nSPS) is 11.7. The Hall–Kier alpha value is -3.01. The van der Waals surface area contributed by atoms with Gasteiger partial charge in [-0.15, -0.1) is 0 Å². The van der Waals surface area contributed by atoms with Crippen molar-refractivity contribution in [1.29, 1.82) is 0 Å². The zero-order valence-corrected chi connectivity index (χ0v) is 11.2. The fourth-order valence-electron chi connectivity index (χ4n) is 1.79. The molecule has 4 nitrogen and oxygen atoms in total. The Bertz CT molecular complexity index is 717. The van der Waals surface area contributed by atoms with Crippen LogP contribution in [-0.4, -0.2) is 16.1 Å². The molecule has 0 aliphatic carbocycles. The lowest BCUT2D eigenvalue weighted by Crippen LogP contribution is -2.12. The summed E-state index contributed by atoms with van der Waals surface area (Å²) in [6.07, 6.45) is 4.59. The first-order valence-corrected chi connectivity index (χ1v) is 6.33. The van der Waals surface area contributed by atoms with Crippen LogP contribution < -0.4 is 5.73 Å². The first kappa shape index (κ1) is 14.4. The number of hydrogen-bond donors (Lipinski definition) is 3. The van der Waals surface area contributed by atoms with Crippen LogP contribution in [0.25, 0.3) is 12.2 Å². The fraction of sp³-hybridized carbons (Fsp3) is 0. The van der Waals surface area contributed by atoms with Crippen molar-refractivity contribution < 1.29 is 15.0 Å². The third-order valence-corrected chi connectivity index (χ3v) is 2.91. The minimum absolute atomic E-state index is 0.0622. The number of rotatable bonds is 4. The summed E-state index contributed by atoms with van der Waals surface area (Å²) in [7, 11) is 0. The van der Waals surface area contributed by atoms with Gasteiger partial charge in [0.15, 0.2) is 0 Å². The van der Waals surface area contributed by atoms with Crippen molar-refractivity contribution in [2.45, 2.75) is 0 Å². The van der Waals surface area contributed by atoms with Gasteiger partial charge in [-0.2, -0.15) is 0 Å². The average Bonchev–Trinajstić information content (AvgIpc) is 2.46. The van der Waals surface area contributed by atoms with Gasteiger partial charge >= 0.3 is 0 Å². The maximum Gasteiger partial charge on any atom is 0.248 e. The lowest BCUT2D eigenvalue weighted by Gasteiger charge is -2.01. The Kier molecular flexibility index (Phi) is 4.41. The van der Waals surface area contributed by atoms with Crippen LogP contribution in [-0.2, 0) is 4.79 Å². The van der Waals surface area contributed by atoms with Crippen LogP contribution in [0.15, 0.2) is 60.2 Å². The molecule has 0 aromatic heterocycles. The van der Waals surface area contributed by atoms with E-state index >= 15 is 0 Å². The number of hydrogen-bond acceptors (Lipinski definition) is 3. The molecule has 2 aromatic rings. The molecule has 0 bridgehead atoms. The molecule has 0 fully saturated rings. The maximum atomic E-state index is 11.5. The number of para-hydroxylation sites is 2. The molecule has 2 aromatic carbocycles. The highest BCUT2D eigenvalue weighted by atomic mass is 16.3. The smallest absolute Gasteiger partial charge is 0.248 e. The number of benzene rings is 2. The van der Waals surface area contributed by atoms with Crippen LogP contribution in [0.2, 0.25) is 0 Å². The Morgan fingerprint density at radius 3 is 1.95 bits per heavy atom. The summed E-state index contributed by atoms with van der Waals surface area (Å²) < 4.78 is 0. The highest BCUT2D eigenvalue weighted by molar-refractivity contribution is 6.00. The minimum Gasteiger partial charge on any atom is -0.507 e. The molecule has 0 aliphatic rings. The van der Waals surface area contributed by atoms with Gasteiger partial charge in [0.1, 0.15) is 11.5 Å². The summed E-state index contributed by atoms with van der Waals surface area (Å²) in [6.45, 7) is 0. The topological polar surface area (TPSA) is 83.6 Å². The van der Waals surface area contributed by atoms with Gasteiger partial charge in [-0.25, -0.2) is 0 Å². The molecular weight excluding hydrogens is 266 g/mol. The van der Waals surface area contributed by atoms with Gasteiger partial charge in [0.25, 0.3) is 0 Å². The number of phenols is 2. The standard InChI is InChI=1S/C17H15NO3/c18-17(21)14(11-13-6-2-4-8-16(13)20)10-9-12-5-1-3-7-15(12)19/h1-11,19-20H,(H2,18,21). The first-order valence-electron chi connectivity index (χ1n) is 6.33. The number of nitrogens with two attached hydrogens (primary N) is 1. The number of phenolic OH excluding ortho intramolecular Hbond substituents is 2. The third-order valence-electron chi connectivity index (χ3n) is 2.91. The first-order chi connectivity index (χ1) is 10.1. The molecule has 106 valence electrons. The van der Waals surface area contributed by atoms with Crippen LogP contribution in [0, 0.1) is 0 Å². The molecule has 1 amide bonds. The lowest BCUT2D eigenvalue weighted by molar-refractivity contribution is -0.114. The molecule has 2 rings (SSSR count). The van der Waals surface area contributed by atoms with E-state index in [-0.39, 0.29) is 17.1 Å². The van der Waals surface area contributed by atoms with E-state index in [9.17, 15) is 15.0 Å². The summed E-state index contributed by atoms with van der Waals surface area (Å²) >= 11 is 0. The zero-order valence-electron chi connectivity index (χ0n) is 11.2. The summed E-state index contributed by atoms with van der Waals surface area (Å²) in [4.78, 5) is 11.5. The van der Waals surface area contributed by atoms with Crippen LogP contribution in [0.5, 0.6) is 11.5 Å². The number of amides is 1. The molecule has 0 saturated heterocycles. The van der Waals surface area contributed by atoms with E-state index in [0.29, 0.717) is 11.1 Å². The predicted molar refractivity (Wildman–Crippen MR) is 82.4 cm³/mol. The highest BCUT2D eigenvalue weighted by Crippen LogP contribution is 2.21. The predicted octanol–water partition coefficient (Wildman–Crippen LogP) is 2.68. The van der Waals surface area contributed by atoms with Crippen molar-refractivity contribution in [3.63, 3.8) is 0 Å². The Balaban J connectivity index is 2.35. The fourth-order valence-corrected chi connectivity index (χ4v) is 1.79. The number of carbonyl (C=O) groups excluding carboxylic acids is 1. The SMILES string of the molecule is NC(=O)C(C=Cc1ccccc1O)=Cc1ccccc1O. The van der Waals surface area contributed by atoms with Gasteiger partial charge in [0, 0.05) is 16.7 Å². The third kappa shape index (κ3) is 3.73. The van der Waals surface area contributed by atoms with E-state index in [1.165, 1.54) is 18.2 Å². The number of primary amides is 1. The van der Waals surface area contributed by atoms with Gasteiger partial charge in [0.2, 0.25) is 5.91 Å². The maximum absolute atomic E-state index is 11.5. The van der Waals surface area contributed by atoms with E-state index in [2.05, 4.69) is 0 Å². The summed E-state index contributed by atoms with van der Waals surface area (Å²) in [6, 6.07) is 13.4. The Labute approximate surface area is 122 Å². The second kappa shape index (κ2) is 6.43. The quantitative estimate of drug-likeness (QED) is 0.595. The van der Waals surface area contributed by atoms with E-state index in [1.54, 1.807) is 48.5 Å². The van der Waals surface area contributed by atoms with Crippen molar-refractivity contribution in [3.8, 4) is 11.5 Å². The molecule has 4 heteroatoms. The number of aromatic hydroxyl groups is 2. The van der Waals surface area contributed by atoms with Crippen molar-refractivity contribution in [2.75, 3.05) is 0 Å². The molecule has 0 spiro atoms. The van der Waals surface area contributed by atoms with E-state index < -0.39 is 5.91 Å². The Morgan fingerprint density at radius 1 is 0.905 bits per heavy atom. The van der Waals surface area contributed by atoms with Crippen LogP contribution in [0.4, 0.5) is 0 Å². The molecule has 0 heterocycles. The molecule has 21 heavy (non-hydrogen) atoms. The second-order valence-corrected chi connectivity index (χ2v) is 4.41. The lowest BCUT2D eigenvalue weighted by atomic mass is 10.1. The van der Waals surface area contributed by atoms with Crippen molar-refractivity contribution >= 4 is 18.1 Å². The van der Waals surface area contributed by atoms with Crippen LogP contribution in [0.1, 0.15) is 11.1 Å². The molecule has 0 radical (unpaired) electrons. The van der Waals surface area contributed by atoms with Crippen molar-refractivity contribution in [1.82, 2.24) is 0 Å². The van der Waals surface area contributed by atoms with Crippen molar-refractivity contribution in [2.24, 2.45) is 5.73 Å². The monoisotopic (exact) mass is 281 g/mol. The van der Waals surface area contributed by atoms with Gasteiger partial charge in [-0.05, 0) is 24.3 Å². The number of carbonyl (C=O) groups is 1. The molecule has 4 N–H and O–H groups in total. The van der Waals surface area contributed by atoms with Crippen molar-refractivity contribution in [3.05, 3.63) is 71.3 Å². The largest absolute Gasteiger partial charge is 0.507 e. The van der Waals surface area contributed by atoms with Gasteiger partial charge in [-0.1, -0.05) is 42.5 Å². The van der Waals surface area contributed by atoms with Gasteiger partial charge < -0.3 is 15.9 Å². The summed E-state index contributed by atoms with van der Waals surface area (Å²) in [5.74, 6) is -0.447. The summed E-state index contributed by atoms with van der Waals surface area (Å²) in [5, 5.41) is 19.4. The van der Waals surface area contributed by atoms with Crippen LogP contribution in [0.3, 0.4) is 0 Å². The zero-order chi connectivity index (χ0) is 15.2. The van der Waals surface area contributed by atoms with E-state index in [4.69, 9.17) is 5.73 Å². The average molecular weight is 281 g/mol. The highest BCUT2D eigenvalue weighted by Gasteiger charge is 2.04.